The number of ketones is 1. The molecule has 0 fully saturated rings. The van der Waals surface area contributed by atoms with Crippen LogP contribution in [-0.4, -0.2) is 17.5 Å². The maximum Gasteiger partial charge on any atom is 0.217 e. The molecule has 0 aromatic carbocycles. The van der Waals surface area contributed by atoms with Crippen molar-refractivity contribution in [2.75, 3.05) is 0 Å². The van der Waals surface area contributed by atoms with Crippen LogP contribution in [0.1, 0.15) is 32.1 Å². The van der Waals surface area contributed by atoms with Crippen molar-refractivity contribution in [2.24, 2.45) is 11.5 Å². The van der Waals surface area contributed by atoms with E-state index >= 15 is 0 Å². The van der Waals surface area contributed by atoms with Crippen LogP contribution < -0.4 is 11.5 Å². The van der Waals surface area contributed by atoms with Gasteiger partial charge in [-0.1, -0.05) is 17.7 Å². The lowest BCUT2D eigenvalue weighted by Crippen LogP contribution is -2.15. The Morgan fingerprint density at radius 2 is 1.88 bits per heavy atom. The second kappa shape index (κ2) is 5.98. The molecule has 0 unspecified atom stereocenters. The van der Waals surface area contributed by atoms with Crippen molar-refractivity contribution in [3.05, 3.63) is 23.3 Å². The number of Topliss-reactive ketones (excluding diaryl/α,β-unsaturated/α-hetero) is 1. The molecule has 0 radical (unpaired) electrons. The molecular weight excluding hydrogens is 218 g/mol. The lowest BCUT2D eigenvalue weighted by atomic mass is 9.93. The van der Waals surface area contributed by atoms with Crippen LogP contribution in [0.2, 0.25) is 0 Å². The fourth-order valence-electron chi connectivity index (χ4n) is 1.66. The topological polar surface area (TPSA) is 110 Å². The zero-order valence-corrected chi connectivity index (χ0v) is 9.66. The zero-order chi connectivity index (χ0) is 12.8. The number of carbonyl (C=O) groups excluding carboxylic acids is 2. The van der Waals surface area contributed by atoms with Gasteiger partial charge in [-0.15, -0.1) is 0 Å². The summed E-state index contributed by atoms with van der Waals surface area (Å²) in [5.74, 6) is -0.343. The highest BCUT2D eigenvalue weighted by molar-refractivity contribution is 5.95. The molecule has 0 saturated carbocycles. The van der Waals surface area contributed by atoms with Crippen LogP contribution in [0.3, 0.4) is 0 Å². The van der Waals surface area contributed by atoms with Gasteiger partial charge >= 0.3 is 0 Å². The fourth-order valence-corrected chi connectivity index (χ4v) is 1.66. The third kappa shape index (κ3) is 4.63. The smallest absolute Gasteiger partial charge is 0.217 e. The van der Waals surface area contributed by atoms with Gasteiger partial charge in [0, 0.05) is 19.3 Å². The van der Waals surface area contributed by atoms with Crippen molar-refractivity contribution in [3.63, 3.8) is 0 Å². The summed E-state index contributed by atoms with van der Waals surface area (Å²) in [5, 5.41) is 7.27. The Kier molecular flexibility index (Phi) is 4.63. The van der Waals surface area contributed by atoms with Crippen LogP contribution in [-0.2, 0) is 9.59 Å². The minimum absolute atomic E-state index is 0.0229. The van der Waals surface area contributed by atoms with Crippen LogP contribution in [0, 0.1) is 5.41 Å². The Morgan fingerprint density at radius 1 is 1.18 bits per heavy atom. The number of allylic oxidation sites excluding steroid dienone is 3. The first-order valence-corrected chi connectivity index (χ1v) is 5.52. The summed E-state index contributed by atoms with van der Waals surface area (Å²) in [4.78, 5) is 22.0. The van der Waals surface area contributed by atoms with E-state index in [0.29, 0.717) is 12.8 Å². The maximum absolute atomic E-state index is 11.5. The molecule has 1 amide bonds. The molecule has 1 aliphatic carbocycles. The average molecular weight is 235 g/mol. The van der Waals surface area contributed by atoms with Crippen molar-refractivity contribution in [3.8, 4) is 0 Å². The van der Waals surface area contributed by atoms with Gasteiger partial charge in [0.2, 0.25) is 5.91 Å². The number of hydrogen-bond donors (Lipinski definition) is 3. The summed E-state index contributed by atoms with van der Waals surface area (Å²) in [5.41, 5.74) is 12.2. The van der Waals surface area contributed by atoms with Crippen molar-refractivity contribution < 1.29 is 9.59 Å². The number of primary amides is 1. The summed E-state index contributed by atoms with van der Waals surface area (Å²) in [6.07, 6.45) is 5.73. The molecule has 17 heavy (non-hydrogen) atoms. The zero-order valence-electron chi connectivity index (χ0n) is 9.66. The van der Waals surface area contributed by atoms with E-state index in [-0.39, 0.29) is 24.5 Å². The number of amidine groups is 1. The highest BCUT2D eigenvalue weighted by atomic mass is 16.1. The van der Waals surface area contributed by atoms with E-state index in [9.17, 15) is 9.59 Å². The molecule has 0 saturated heterocycles. The molecule has 92 valence electrons. The van der Waals surface area contributed by atoms with E-state index in [1.54, 1.807) is 6.08 Å². The lowest BCUT2D eigenvalue weighted by molar-refractivity contribution is -0.123. The normalized spacial score (nSPS) is 14.8. The van der Waals surface area contributed by atoms with Crippen LogP contribution in [0.25, 0.3) is 0 Å². The van der Waals surface area contributed by atoms with Gasteiger partial charge in [0.05, 0.1) is 0 Å². The molecule has 0 heterocycles. The van der Waals surface area contributed by atoms with Crippen molar-refractivity contribution in [1.82, 2.24) is 0 Å². The van der Waals surface area contributed by atoms with Crippen molar-refractivity contribution >= 4 is 17.5 Å². The first-order valence-electron chi connectivity index (χ1n) is 5.52. The number of nitrogens with one attached hydrogen (secondary N) is 1. The molecule has 0 aliphatic heterocycles. The van der Waals surface area contributed by atoms with E-state index in [4.69, 9.17) is 16.9 Å². The minimum atomic E-state index is -0.449. The van der Waals surface area contributed by atoms with E-state index < -0.39 is 5.91 Å². The highest BCUT2D eigenvalue weighted by Gasteiger charge is 2.12. The quantitative estimate of drug-likeness (QED) is 0.467. The molecule has 1 aliphatic rings. The van der Waals surface area contributed by atoms with Gasteiger partial charge in [0.15, 0.2) is 0 Å². The van der Waals surface area contributed by atoms with Gasteiger partial charge in [-0.25, -0.2) is 0 Å². The average Bonchev–Trinajstić information content (AvgIpc) is 2.27. The molecule has 0 spiro atoms. The summed E-state index contributed by atoms with van der Waals surface area (Å²) in [6, 6.07) is 0. The monoisotopic (exact) mass is 235 g/mol. The molecule has 5 N–H and O–H groups in total. The largest absolute Gasteiger partial charge is 0.384 e. The van der Waals surface area contributed by atoms with E-state index in [2.05, 4.69) is 0 Å². The lowest BCUT2D eigenvalue weighted by Gasteiger charge is -2.13. The number of hydrogen-bond acceptors (Lipinski definition) is 3. The Hall–Kier alpha value is -1.91. The fraction of sp³-hybridized carbons (Fsp3) is 0.417. The number of rotatable bonds is 6. The predicted octanol–water partition coefficient (Wildman–Crippen LogP) is 0.794. The Bertz CT molecular complexity index is 408. The van der Waals surface area contributed by atoms with Gasteiger partial charge in [0.1, 0.15) is 11.6 Å². The molecule has 0 aromatic heterocycles. The maximum atomic E-state index is 11.5. The number of amides is 1. The van der Waals surface area contributed by atoms with E-state index in [1.165, 1.54) is 0 Å². The molecule has 0 atom stereocenters. The summed E-state index contributed by atoms with van der Waals surface area (Å²) in [6.45, 7) is 0. The van der Waals surface area contributed by atoms with Crippen LogP contribution in [0.5, 0.6) is 0 Å². The first-order chi connectivity index (χ1) is 7.99. The standard InChI is InChI=1S/C12H17N3O2/c13-11(17)6-5-10(16)7-8-1-3-9(4-2-8)12(14)15/h1,3H,2,4-7H2,(H2,13,17)(H3,14,15). The van der Waals surface area contributed by atoms with E-state index in [0.717, 1.165) is 17.6 Å². The first kappa shape index (κ1) is 13.2. The van der Waals surface area contributed by atoms with Crippen LogP contribution in [0.4, 0.5) is 0 Å². The Labute approximate surface area is 100 Å². The molecule has 1 rings (SSSR count). The van der Waals surface area contributed by atoms with Crippen LogP contribution in [0.15, 0.2) is 23.3 Å². The SMILES string of the molecule is N=C(N)C1=CC=C(CC(=O)CCC(N)=O)CC1. The molecule has 0 bridgehead atoms. The molecule has 0 aromatic rings. The van der Waals surface area contributed by atoms with E-state index in [1.807, 2.05) is 6.08 Å². The van der Waals surface area contributed by atoms with Crippen LogP contribution >= 0.6 is 0 Å². The summed E-state index contributed by atoms with van der Waals surface area (Å²) >= 11 is 0. The minimum Gasteiger partial charge on any atom is -0.384 e. The highest BCUT2D eigenvalue weighted by Crippen LogP contribution is 2.21. The molecule has 5 nitrogen and oxygen atoms in total. The molecule has 5 heteroatoms. The van der Waals surface area contributed by atoms with Crippen molar-refractivity contribution in [1.29, 1.82) is 5.41 Å². The number of nitrogens with two attached hydrogens (primary N) is 2. The third-order valence-electron chi connectivity index (χ3n) is 2.66. The van der Waals surface area contributed by atoms with Gasteiger partial charge < -0.3 is 11.5 Å². The predicted molar refractivity (Wildman–Crippen MR) is 65.4 cm³/mol. The summed E-state index contributed by atoms with van der Waals surface area (Å²) in [7, 11) is 0. The van der Waals surface area contributed by atoms with Gasteiger partial charge in [-0.2, -0.15) is 0 Å². The summed E-state index contributed by atoms with van der Waals surface area (Å²) < 4.78 is 0. The third-order valence-corrected chi connectivity index (χ3v) is 2.66. The second-order valence-corrected chi connectivity index (χ2v) is 4.11. The van der Waals surface area contributed by atoms with Crippen molar-refractivity contribution in [2.45, 2.75) is 32.1 Å². The Balaban J connectivity index is 2.46. The number of carbonyl (C=O) groups is 2. The Morgan fingerprint density at radius 3 is 2.35 bits per heavy atom. The van der Waals surface area contributed by atoms with Gasteiger partial charge in [-0.05, 0) is 18.4 Å². The second-order valence-electron chi connectivity index (χ2n) is 4.11. The molecular formula is C12H17N3O2. The van der Waals surface area contributed by atoms with Gasteiger partial charge in [-0.3, -0.25) is 15.0 Å². The van der Waals surface area contributed by atoms with Gasteiger partial charge in [0.25, 0.3) is 0 Å².